The molecule has 6 heteroatoms. The first-order valence-electron chi connectivity index (χ1n) is 6.85. The number of nitrogen functional groups attached to an aromatic ring is 1. The molecule has 1 saturated heterocycles. The molecule has 0 radical (unpaired) electrons. The Hall–Kier alpha value is -1.11. The van der Waals surface area contributed by atoms with Crippen LogP contribution in [0, 0.1) is 6.92 Å². The average molecular weight is 297 g/mol. The smallest absolute Gasteiger partial charge is 0.243 e. The minimum absolute atomic E-state index is 0.334. The fourth-order valence-corrected chi connectivity index (χ4v) is 4.36. The Balaban J connectivity index is 2.22. The second-order valence-electron chi connectivity index (χ2n) is 5.62. The molecular weight excluding hydrogens is 274 g/mol. The lowest BCUT2D eigenvalue weighted by Crippen LogP contribution is -2.44. The summed E-state index contributed by atoms with van der Waals surface area (Å²) in [4.78, 5) is 2.50. The Kier molecular flexibility index (Phi) is 4.36. The molecule has 0 atom stereocenters. The topological polar surface area (TPSA) is 66.6 Å². The number of benzene rings is 1. The molecule has 2 N–H and O–H groups in total. The van der Waals surface area contributed by atoms with E-state index in [1.165, 1.54) is 0 Å². The number of hydrogen-bond donors (Lipinski definition) is 1. The summed E-state index contributed by atoms with van der Waals surface area (Å²) in [5, 5.41) is 0. The highest BCUT2D eigenvalue weighted by Gasteiger charge is 2.30. The Morgan fingerprint density at radius 1 is 1.25 bits per heavy atom. The van der Waals surface area contributed by atoms with E-state index >= 15 is 0 Å². The van der Waals surface area contributed by atoms with Crippen LogP contribution in [0.25, 0.3) is 0 Å². The average Bonchev–Trinajstić information content (AvgIpc) is 2.41. The zero-order chi connectivity index (χ0) is 14.9. The predicted molar refractivity (Wildman–Crippen MR) is 81.1 cm³/mol. The number of sulfonamides is 1. The van der Waals surface area contributed by atoms with Crippen LogP contribution in [0.2, 0.25) is 0 Å². The van der Waals surface area contributed by atoms with Gasteiger partial charge in [-0.1, -0.05) is 6.07 Å². The van der Waals surface area contributed by atoms with E-state index < -0.39 is 10.0 Å². The van der Waals surface area contributed by atoms with Crippen LogP contribution in [0.5, 0.6) is 0 Å². The molecule has 112 valence electrons. The number of anilines is 1. The molecule has 0 aliphatic carbocycles. The van der Waals surface area contributed by atoms with E-state index in [0.29, 0.717) is 29.7 Å². The molecule has 2 rings (SSSR count). The molecule has 1 aliphatic rings. The summed E-state index contributed by atoms with van der Waals surface area (Å²) in [6, 6.07) is 5.51. The molecule has 20 heavy (non-hydrogen) atoms. The van der Waals surface area contributed by atoms with E-state index in [1.807, 2.05) is 14.1 Å². The summed E-state index contributed by atoms with van der Waals surface area (Å²) in [6.07, 6.45) is 1.74. The fourth-order valence-electron chi connectivity index (χ4n) is 2.63. The number of nitrogens with two attached hydrogens (primary N) is 1. The Bertz CT molecular complexity index is 576. The van der Waals surface area contributed by atoms with Gasteiger partial charge >= 0.3 is 0 Å². The summed E-state index contributed by atoms with van der Waals surface area (Å²) in [5.41, 5.74) is 6.95. The third-order valence-electron chi connectivity index (χ3n) is 3.98. The highest BCUT2D eigenvalue weighted by Crippen LogP contribution is 2.25. The summed E-state index contributed by atoms with van der Waals surface area (Å²) in [7, 11) is 0.648. The lowest BCUT2D eigenvalue weighted by atomic mass is 10.1. The van der Waals surface area contributed by atoms with Gasteiger partial charge in [-0.05, 0) is 51.6 Å². The van der Waals surface area contributed by atoms with E-state index in [2.05, 4.69) is 4.90 Å². The van der Waals surface area contributed by atoms with Gasteiger partial charge < -0.3 is 10.6 Å². The van der Waals surface area contributed by atoms with Gasteiger partial charge in [-0.2, -0.15) is 4.31 Å². The first kappa shape index (κ1) is 15.3. The zero-order valence-corrected chi connectivity index (χ0v) is 13.2. The molecule has 0 unspecified atom stereocenters. The van der Waals surface area contributed by atoms with Crippen molar-refractivity contribution in [3.63, 3.8) is 0 Å². The maximum absolute atomic E-state index is 12.7. The first-order valence-corrected chi connectivity index (χ1v) is 8.29. The van der Waals surface area contributed by atoms with Gasteiger partial charge in [-0.15, -0.1) is 0 Å². The maximum atomic E-state index is 12.7. The molecule has 0 bridgehead atoms. The Morgan fingerprint density at radius 3 is 2.40 bits per heavy atom. The van der Waals surface area contributed by atoms with Crippen LogP contribution in [0.1, 0.15) is 18.4 Å². The van der Waals surface area contributed by atoms with Crippen molar-refractivity contribution in [2.24, 2.45) is 0 Å². The van der Waals surface area contributed by atoms with Crippen LogP contribution in [0.3, 0.4) is 0 Å². The lowest BCUT2D eigenvalue weighted by molar-refractivity contribution is 0.196. The van der Waals surface area contributed by atoms with Crippen LogP contribution in [-0.4, -0.2) is 50.8 Å². The molecule has 0 spiro atoms. The summed E-state index contributed by atoms with van der Waals surface area (Å²) < 4.78 is 27.0. The molecule has 0 saturated carbocycles. The van der Waals surface area contributed by atoms with Gasteiger partial charge in [0.05, 0.1) is 4.90 Å². The minimum atomic E-state index is -3.43. The highest BCUT2D eigenvalue weighted by atomic mass is 32.2. The van der Waals surface area contributed by atoms with Crippen LogP contribution < -0.4 is 5.73 Å². The molecule has 1 heterocycles. The molecule has 1 aromatic rings. The third kappa shape index (κ3) is 2.97. The number of nitrogens with zero attached hydrogens (tertiary/aromatic N) is 2. The van der Waals surface area contributed by atoms with Gasteiger partial charge in [0.1, 0.15) is 0 Å². The first-order chi connectivity index (χ1) is 9.32. The second-order valence-corrected chi connectivity index (χ2v) is 7.53. The van der Waals surface area contributed by atoms with Crippen molar-refractivity contribution in [2.75, 3.05) is 32.9 Å². The largest absolute Gasteiger partial charge is 0.399 e. The Labute approximate surface area is 121 Å². The second kappa shape index (κ2) is 5.71. The van der Waals surface area contributed by atoms with Crippen LogP contribution in [-0.2, 0) is 10.0 Å². The third-order valence-corrected chi connectivity index (χ3v) is 6.02. The van der Waals surface area contributed by atoms with Crippen LogP contribution >= 0.6 is 0 Å². The van der Waals surface area contributed by atoms with Gasteiger partial charge in [0, 0.05) is 24.8 Å². The van der Waals surface area contributed by atoms with Crippen molar-refractivity contribution in [3.05, 3.63) is 23.8 Å². The summed E-state index contributed by atoms with van der Waals surface area (Å²) in [6.45, 7) is 2.94. The van der Waals surface area contributed by atoms with E-state index in [0.717, 1.165) is 18.4 Å². The lowest BCUT2D eigenvalue weighted by Gasteiger charge is -2.34. The fraction of sp³-hybridized carbons (Fsp3) is 0.571. The molecule has 1 aliphatic heterocycles. The normalized spacial score (nSPS) is 18.6. The number of piperidine rings is 1. The van der Waals surface area contributed by atoms with Gasteiger partial charge in [0.2, 0.25) is 10.0 Å². The van der Waals surface area contributed by atoms with E-state index in [4.69, 9.17) is 5.73 Å². The molecule has 5 nitrogen and oxygen atoms in total. The standard InChI is InChI=1S/C14H23N3O2S/c1-11-4-5-12(15)10-14(11)20(18,19)17-8-6-13(7-9-17)16(2)3/h4-5,10,13H,6-9,15H2,1-3H3. The maximum Gasteiger partial charge on any atom is 0.243 e. The van der Waals surface area contributed by atoms with Crippen LogP contribution in [0.4, 0.5) is 5.69 Å². The summed E-state index contributed by atoms with van der Waals surface area (Å²) >= 11 is 0. The number of hydrogen-bond acceptors (Lipinski definition) is 4. The van der Waals surface area contributed by atoms with Crippen molar-refractivity contribution < 1.29 is 8.42 Å². The van der Waals surface area contributed by atoms with Gasteiger partial charge in [-0.25, -0.2) is 8.42 Å². The van der Waals surface area contributed by atoms with Crippen molar-refractivity contribution in [3.8, 4) is 0 Å². The van der Waals surface area contributed by atoms with Crippen molar-refractivity contribution in [1.82, 2.24) is 9.21 Å². The van der Waals surface area contributed by atoms with E-state index in [9.17, 15) is 8.42 Å². The van der Waals surface area contributed by atoms with Crippen molar-refractivity contribution in [2.45, 2.75) is 30.7 Å². The molecular formula is C14H23N3O2S. The summed E-state index contributed by atoms with van der Waals surface area (Å²) in [5.74, 6) is 0. The van der Waals surface area contributed by atoms with Crippen LogP contribution in [0.15, 0.2) is 23.1 Å². The SMILES string of the molecule is Cc1ccc(N)cc1S(=O)(=O)N1CCC(N(C)C)CC1. The Morgan fingerprint density at radius 2 is 1.85 bits per heavy atom. The van der Waals surface area contributed by atoms with Gasteiger partial charge in [-0.3, -0.25) is 0 Å². The minimum Gasteiger partial charge on any atom is -0.399 e. The van der Waals surface area contributed by atoms with Crippen molar-refractivity contribution in [1.29, 1.82) is 0 Å². The van der Waals surface area contributed by atoms with E-state index in [1.54, 1.807) is 29.4 Å². The highest BCUT2D eigenvalue weighted by molar-refractivity contribution is 7.89. The quantitative estimate of drug-likeness (QED) is 0.854. The predicted octanol–water partition coefficient (Wildman–Crippen LogP) is 1.29. The molecule has 0 aromatic heterocycles. The monoisotopic (exact) mass is 297 g/mol. The van der Waals surface area contributed by atoms with Gasteiger partial charge in [0.25, 0.3) is 0 Å². The number of rotatable bonds is 3. The zero-order valence-electron chi connectivity index (χ0n) is 12.3. The molecule has 1 fully saturated rings. The van der Waals surface area contributed by atoms with Crippen molar-refractivity contribution >= 4 is 15.7 Å². The van der Waals surface area contributed by atoms with E-state index in [-0.39, 0.29) is 0 Å². The van der Waals surface area contributed by atoms with Gasteiger partial charge in [0.15, 0.2) is 0 Å². The molecule has 0 amide bonds. The molecule has 1 aromatic carbocycles. The number of aryl methyl sites for hydroxylation is 1.